The van der Waals surface area contributed by atoms with Crippen molar-refractivity contribution < 1.29 is 9.90 Å². The Kier molecular flexibility index (Phi) is 3.53. The lowest BCUT2D eigenvalue weighted by Gasteiger charge is -2.06. The van der Waals surface area contributed by atoms with Gasteiger partial charge in [0.1, 0.15) is 18.8 Å². The van der Waals surface area contributed by atoms with Crippen LogP contribution in [-0.2, 0) is 4.79 Å². The first-order valence-electron chi connectivity index (χ1n) is 4.36. The molecule has 0 spiro atoms. The molecule has 0 saturated heterocycles. The maximum atomic E-state index is 10.8. The summed E-state index contributed by atoms with van der Waals surface area (Å²) in [5.74, 6) is 0.226. The Balaban J connectivity index is 2.78. The van der Waals surface area contributed by atoms with Gasteiger partial charge >= 0.3 is 0 Å². The number of anilines is 1. The van der Waals surface area contributed by atoms with Crippen molar-refractivity contribution in [3.05, 3.63) is 18.1 Å². The summed E-state index contributed by atoms with van der Waals surface area (Å²) in [4.78, 5) is 18.7. The molecule has 1 rings (SSSR count). The van der Waals surface area contributed by atoms with Crippen LogP contribution < -0.4 is 5.32 Å². The molecule has 0 atom stereocenters. The van der Waals surface area contributed by atoms with E-state index in [9.17, 15) is 4.79 Å². The summed E-state index contributed by atoms with van der Waals surface area (Å²) in [6, 6.07) is 1.69. The van der Waals surface area contributed by atoms with Gasteiger partial charge in [-0.25, -0.2) is 9.97 Å². The third kappa shape index (κ3) is 2.77. The van der Waals surface area contributed by atoms with E-state index in [4.69, 9.17) is 5.11 Å². The molecular weight excluding hydrogens is 182 g/mol. The third-order valence-electron chi connectivity index (χ3n) is 1.69. The van der Waals surface area contributed by atoms with Crippen LogP contribution in [-0.4, -0.2) is 27.6 Å². The van der Waals surface area contributed by atoms with E-state index in [1.165, 1.54) is 6.33 Å². The molecule has 5 nitrogen and oxygen atoms in total. The highest BCUT2D eigenvalue weighted by Gasteiger charge is 2.05. The van der Waals surface area contributed by atoms with E-state index in [1.54, 1.807) is 6.07 Å². The molecule has 0 radical (unpaired) electrons. The summed E-state index contributed by atoms with van der Waals surface area (Å²) < 4.78 is 0. The summed E-state index contributed by atoms with van der Waals surface area (Å²) in [6.45, 7) is 3.46. The van der Waals surface area contributed by atoms with Crippen LogP contribution in [0.3, 0.4) is 0 Å². The van der Waals surface area contributed by atoms with Crippen LogP contribution in [0, 0.1) is 0 Å². The Morgan fingerprint density at radius 1 is 1.57 bits per heavy atom. The molecule has 1 amide bonds. The number of carbonyl (C=O) groups is 1. The van der Waals surface area contributed by atoms with Crippen molar-refractivity contribution in [2.24, 2.45) is 0 Å². The predicted molar refractivity (Wildman–Crippen MR) is 51.8 cm³/mol. The minimum Gasteiger partial charge on any atom is -0.387 e. The highest BCUT2D eigenvalue weighted by atomic mass is 16.3. The van der Waals surface area contributed by atoms with Crippen LogP contribution >= 0.6 is 0 Å². The number of carbonyl (C=O) groups excluding carboxylic acids is 1. The molecule has 76 valence electrons. The number of nitrogens with zero attached hydrogens (tertiary/aromatic N) is 2. The zero-order chi connectivity index (χ0) is 10.6. The summed E-state index contributed by atoms with van der Waals surface area (Å²) in [5, 5.41) is 11.0. The first-order chi connectivity index (χ1) is 6.63. The normalized spacial score (nSPS) is 10.3. The minimum atomic E-state index is -0.541. The number of rotatable bonds is 3. The van der Waals surface area contributed by atoms with Crippen LogP contribution in [0.25, 0.3) is 0 Å². The molecule has 0 aliphatic heterocycles. The average Bonchev–Trinajstić information content (AvgIpc) is 2.18. The molecule has 0 aliphatic carbocycles. The van der Waals surface area contributed by atoms with Gasteiger partial charge in [-0.2, -0.15) is 0 Å². The predicted octanol–water partition coefficient (Wildman–Crippen LogP) is 0.531. The molecule has 0 bridgehead atoms. The number of aromatic nitrogens is 2. The van der Waals surface area contributed by atoms with Crippen LogP contribution in [0.5, 0.6) is 0 Å². The molecule has 1 heterocycles. The van der Waals surface area contributed by atoms with Crippen molar-refractivity contribution in [2.45, 2.75) is 19.8 Å². The summed E-state index contributed by atoms with van der Waals surface area (Å²) >= 11 is 0. The lowest BCUT2D eigenvalue weighted by atomic mass is 10.1. The van der Waals surface area contributed by atoms with Crippen molar-refractivity contribution in [1.29, 1.82) is 0 Å². The smallest absolute Gasteiger partial charge is 0.251 e. The van der Waals surface area contributed by atoms with Crippen molar-refractivity contribution in [3.8, 4) is 0 Å². The molecule has 0 aliphatic rings. The van der Waals surface area contributed by atoms with E-state index < -0.39 is 12.5 Å². The van der Waals surface area contributed by atoms with Gasteiger partial charge in [0, 0.05) is 11.8 Å². The maximum absolute atomic E-state index is 10.8. The van der Waals surface area contributed by atoms with Gasteiger partial charge in [0.15, 0.2) is 0 Å². The Hall–Kier alpha value is -1.49. The number of hydrogen-bond acceptors (Lipinski definition) is 4. The molecular formula is C9H13N3O2. The van der Waals surface area contributed by atoms with Gasteiger partial charge in [0.2, 0.25) is 0 Å². The topological polar surface area (TPSA) is 75.1 Å². The summed E-state index contributed by atoms with van der Waals surface area (Å²) in [5.41, 5.74) is 0.855. The molecule has 0 saturated carbocycles. The molecule has 1 aromatic heterocycles. The zero-order valence-corrected chi connectivity index (χ0v) is 8.19. The van der Waals surface area contributed by atoms with Crippen molar-refractivity contribution in [1.82, 2.24) is 9.97 Å². The molecule has 2 N–H and O–H groups in total. The summed E-state index contributed by atoms with van der Waals surface area (Å²) in [7, 11) is 0. The highest BCUT2D eigenvalue weighted by Crippen LogP contribution is 2.13. The van der Waals surface area contributed by atoms with Gasteiger partial charge in [0.25, 0.3) is 5.91 Å². The fourth-order valence-corrected chi connectivity index (χ4v) is 0.939. The Morgan fingerprint density at radius 2 is 2.29 bits per heavy atom. The molecule has 0 aromatic carbocycles. The lowest BCUT2D eigenvalue weighted by molar-refractivity contribution is -0.118. The molecule has 0 fully saturated rings. The number of aliphatic hydroxyl groups is 1. The van der Waals surface area contributed by atoms with Crippen molar-refractivity contribution >= 4 is 11.7 Å². The Morgan fingerprint density at radius 3 is 2.86 bits per heavy atom. The van der Waals surface area contributed by atoms with Crippen molar-refractivity contribution in [3.63, 3.8) is 0 Å². The van der Waals surface area contributed by atoms with Gasteiger partial charge in [-0.05, 0) is 5.92 Å². The van der Waals surface area contributed by atoms with Crippen LogP contribution in [0.4, 0.5) is 5.82 Å². The van der Waals surface area contributed by atoms with Crippen LogP contribution in [0.15, 0.2) is 12.4 Å². The highest BCUT2D eigenvalue weighted by molar-refractivity contribution is 5.90. The molecule has 0 unspecified atom stereocenters. The number of amides is 1. The fourth-order valence-electron chi connectivity index (χ4n) is 0.939. The lowest BCUT2D eigenvalue weighted by Crippen LogP contribution is -2.16. The van der Waals surface area contributed by atoms with Gasteiger partial charge in [0.05, 0.1) is 0 Å². The number of aliphatic hydroxyl groups excluding tert-OH is 1. The minimum absolute atomic E-state index is 0.280. The first kappa shape index (κ1) is 10.6. The van der Waals surface area contributed by atoms with Gasteiger partial charge in [-0.15, -0.1) is 0 Å². The zero-order valence-electron chi connectivity index (χ0n) is 8.19. The van der Waals surface area contributed by atoms with E-state index in [-0.39, 0.29) is 5.92 Å². The molecule has 1 aromatic rings. The van der Waals surface area contributed by atoms with Crippen LogP contribution in [0.2, 0.25) is 0 Å². The molecule has 14 heavy (non-hydrogen) atoms. The number of nitrogens with one attached hydrogen (secondary N) is 1. The first-order valence-corrected chi connectivity index (χ1v) is 4.36. The largest absolute Gasteiger partial charge is 0.387 e. The standard InChI is InChI=1S/C9H13N3O2/c1-6(2)7-3-8(11-5-10-7)12-9(14)4-13/h3,5-6,13H,4H2,1-2H3,(H,10,11,12,14). The summed E-state index contributed by atoms with van der Waals surface area (Å²) in [6.07, 6.45) is 1.39. The monoisotopic (exact) mass is 195 g/mol. The second-order valence-electron chi connectivity index (χ2n) is 3.19. The second-order valence-corrected chi connectivity index (χ2v) is 3.19. The van der Waals surface area contributed by atoms with E-state index in [2.05, 4.69) is 15.3 Å². The van der Waals surface area contributed by atoms with Gasteiger partial charge in [-0.3, -0.25) is 4.79 Å². The average molecular weight is 195 g/mol. The van der Waals surface area contributed by atoms with E-state index in [0.29, 0.717) is 5.82 Å². The second kappa shape index (κ2) is 4.66. The Bertz CT molecular complexity index is 326. The van der Waals surface area contributed by atoms with Crippen LogP contribution in [0.1, 0.15) is 25.5 Å². The third-order valence-corrected chi connectivity index (χ3v) is 1.69. The SMILES string of the molecule is CC(C)c1cc(NC(=O)CO)ncn1. The number of hydrogen-bond donors (Lipinski definition) is 2. The van der Waals surface area contributed by atoms with E-state index in [0.717, 1.165) is 5.69 Å². The Labute approximate surface area is 82.2 Å². The van der Waals surface area contributed by atoms with Gasteiger partial charge in [-0.1, -0.05) is 13.8 Å². The van der Waals surface area contributed by atoms with Gasteiger partial charge < -0.3 is 10.4 Å². The van der Waals surface area contributed by atoms with E-state index in [1.807, 2.05) is 13.8 Å². The quantitative estimate of drug-likeness (QED) is 0.737. The van der Waals surface area contributed by atoms with E-state index >= 15 is 0 Å². The fraction of sp³-hybridized carbons (Fsp3) is 0.444. The van der Waals surface area contributed by atoms with Crippen molar-refractivity contribution in [2.75, 3.05) is 11.9 Å². The molecule has 5 heteroatoms. The maximum Gasteiger partial charge on any atom is 0.251 e.